The zero-order valence-corrected chi connectivity index (χ0v) is 14.4. The summed E-state index contributed by atoms with van der Waals surface area (Å²) in [4.78, 5) is 15.8. The van der Waals surface area contributed by atoms with Gasteiger partial charge in [0.05, 0.1) is 12.6 Å². The zero-order chi connectivity index (χ0) is 17.1. The van der Waals surface area contributed by atoms with Crippen LogP contribution in [0.4, 0.5) is 5.82 Å². The van der Waals surface area contributed by atoms with Crippen LogP contribution in [-0.2, 0) is 6.42 Å². The third-order valence-electron chi connectivity index (χ3n) is 4.98. The summed E-state index contributed by atoms with van der Waals surface area (Å²) in [6.07, 6.45) is 8.66. The molecular weight excluding hydrogens is 312 g/mol. The molecule has 2 aromatic heterocycles. The molecule has 0 N–H and O–H groups in total. The van der Waals surface area contributed by atoms with Gasteiger partial charge in [-0.25, -0.2) is 9.97 Å². The van der Waals surface area contributed by atoms with E-state index < -0.39 is 0 Å². The predicted molar refractivity (Wildman–Crippen MR) is 99.0 cm³/mol. The first-order valence-corrected chi connectivity index (χ1v) is 8.77. The smallest absolute Gasteiger partial charge is 0.156 e. The van der Waals surface area contributed by atoms with Gasteiger partial charge in [0.2, 0.25) is 0 Å². The lowest BCUT2D eigenvalue weighted by molar-refractivity contribution is 0.380. The quantitative estimate of drug-likeness (QED) is 0.731. The van der Waals surface area contributed by atoms with Gasteiger partial charge >= 0.3 is 0 Å². The Bertz CT molecular complexity index is 854. The van der Waals surface area contributed by atoms with Crippen LogP contribution in [0.3, 0.4) is 0 Å². The van der Waals surface area contributed by atoms with Crippen LogP contribution in [0.15, 0.2) is 48.9 Å². The maximum absolute atomic E-state index is 5.49. The summed E-state index contributed by atoms with van der Waals surface area (Å²) in [6, 6.07) is 10.3. The fourth-order valence-electron chi connectivity index (χ4n) is 3.65. The third kappa shape index (κ3) is 3.27. The molecule has 1 saturated heterocycles. The molecule has 0 atom stereocenters. The molecule has 0 spiro atoms. The van der Waals surface area contributed by atoms with Crippen LogP contribution >= 0.6 is 0 Å². The molecule has 1 aliphatic heterocycles. The van der Waals surface area contributed by atoms with Crippen LogP contribution in [-0.4, -0.2) is 35.2 Å². The second kappa shape index (κ2) is 7.05. The van der Waals surface area contributed by atoms with Gasteiger partial charge in [0.15, 0.2) is 5.82 Å². The zero-order valence-electron chi connectivity index (χ0n) is 14.4. The molecule has 0 bridgehead atoms. The van der Waals surface area contributed by atoms with Gasteiger partial charge in [-0.1, -0.05) is 18.2 Å². The maximum Gasteiger partial charge on any atom is 0.156 e. The van der Waals surface area contributed by atoms with E-state index in [-0.39, 0.29) is 0 Å². The molecule has 3 heterocycles. The third-order valence-corrected chi connectivity index (χ3v) is 4.98. The Kier molecular flexibility index (Phi) is 4.46. The van der Waals surface area contributed by atoms with Gasteiger partial charge in [-0.2, -0.15) is 0 Å². The molecule has 0 saturated carbocycles. The number of fused-ring (bicyclic) bond motifs is 1. The van der Waals surface area contributed by atoms with Crippen molar-refractivity contribution in [2.45, 2.75) is 19.3 Å². The number of piperidine rings is 1. The van der Waals surface area contributed by atoms with Crippen molar-refractivity contribution in [3.8, 4) is 5.75 Å². The van der Waals surface area contributed by atoms with Crippen molar-refractivity contribution in [1.29, 1.82) is 0 Å². The van der Waals surface area contributed by atoms with E-state index in [0.717, 1.165) is 55.0 Å². The molecule has 25 heavy (non-hydrogen) atoms. The summed E-state index contributed by atoms with van der Waals surface area (Å²) in [6.45, 7) is 2.00. The number of pyridine rings is 1. The Hall–Kier alpha value is -2.69. The first-order valence-electron chi connectivity index (χ1n) is 8.77. The number of benzene rings is 1. The molecule has 128 valence electrons. The standard InChI is InChI=1S/C20H22N4O/c1-25-18-5-3-2-4-16(18)14-15-7-12-24(13-8-15)20-19-17(6-9-23-20)21-10-11-22-19/h2-6,9-11,15H,7-8,12-14H2,1H3. The number of aromatic nitrogens is 3. The minimum absolute atomic E-state index is 0.675. The first-order chi connectivity index (χ1) is 12.3. The summed E-state index contributed by atoms with van der Waals surface area (Å²) in [7, 11) is 1.74. The monoisotopic (exact) mass is 334 g/mol. The minimum atomic E-state index is 0.675. The van der Waals surface area contributed by atoms with Gasteiger partial charge in [-0.05, 0) is 42.9 Å². The van der Waals surface area contributed by atoms with Crippen molar-refractivity contribution in [2.24, 2.45) is 5.92 Å². The fourth-order valence-corrected chi connectivity index (χ4v) is 3.65. The van der Waals surface area contributed by atoms with Gasteiger partial charge in [0.1, 0.15) is 11.3 Å². The number of hydrogen-bond donors (Lipinski definition) is 0. The van der Waals surface area contributed by atoms with Crippen LogP contribution in [0, 0.1) is 5.92 Å². The number of hydrogen-bond acceptors (Lipinski definition) is 5. The molecule has 5 nitrogen and oxygen atoms in total. The van der Waals surface area contributed by atoms with Gasteiger partial charge in [-0.3, -0.25) is 4.98 Å². The molecule has 1 aromatic carbocycles. The summed E-state index contributed by atoms with van der Waals surface area (Å²) in [5, 5.41) is 0. The average molecular weight is 334 g/mol. The molecule has 0 amide bonds. The van der Waals surface area contributed by atoms with Crippen molar-refractivity contribution in [1.82, 2.24) is 15.0 Å². The van der Waals surface area contributed by atoms with Crippen molar-refractivity contribution in [3.63, 3.8) is 0 Å². The van der Waals surface area contributed by atoms with Gasteiger partial charge in [0.25, 0.3) is 0 Å². The summed E-state index contributed by atoms with van der Waals surface area (Å²) >= 11 is 0. The van der Waals surface area contributed by atoms with E-state index in [9.17, 15) is 0 Å². The van der Waals surface area contributed by atoms with Gasteiger partial charge in [-0.15, -0.1) is 0 Å². The Labute approximate surface area is 147 Å². The molecule has 0 unspecified atom stereocenters. The molecule has 5 heteroatoms. The number of anilines is 1. The Balaban J connectivity index is 1.46. The second-order valence-electron chi connectivity index (χ2n) is 6.51. The topological polar surface area (TPSA) is 51.1 Å². The summed E-state index contributed by atoms with van der Waals surface area (Å²) in [5.74, 6) is 2.63. The van der Waals surface area contributed by atoms with Crippen molar-refractivity contribution in [3.05, 3.63) is 54.5 Å². The van der Waals surface area contributed by atoms with Crippen molar-refractivity contribution in [2.75, 3.05) is 25.1 Å². The SMILES string of the molecule is COc1ccccc1CC1CCN(c2nccc3nccnc23)CC1. The van der Waals surface area contributed by atoms with Gasteiger partial charge in [0, 0.05) is 31.7 Å². The second-order valence-corrected chi connectivity index (χ2v) is 6.51. The summed E-state index contributed by atoms with van der Waals surface area (Å²) in [5.41, 5.74) is 3.11. The van der Waals surface area contributed by atoms with Crippen molar-refractivity contribution >= 4 is 16.9 Å². The normalized spacial score (nSPS) is 15.5. The molecular formula is C20H22N4O. The van der Waals surface area contributed by atoms with E-state index in [1.54, 1.807) is 19.5 Å². The highest BCUT2D eigenvalue weighted by Crippen LogP contribution is 2.29. The van der Waals surface area contributed by atoms with Crippen molar-refractivity contribution < 1.29 is 4.74 Å². The molecule has 1 fully saturated rings. The highest BCUT2D eigenvalue weighted by atomic mass is 16.5. The highest BCUT2D eigenvalue weighted by molar-refractivity contribution is 5.85. The Morgan fingerprint density at radius 2 is 1.80 bits per heavy atom. The number of para-hydroxylation sites is 1. The molecule has 1 aliphatic rings. The van der Waals surface area contributed by atoms with E-state index >= 15 is 0 Å². The molecule has 0 aliphatic carbocycles. The van der Waals surface area contributed by atoms with E-state index in [4.69, 9.17) is 4.74 Å². The average Bonchev–Trinajstić information content (AvgIpc) is 2.69. The lowest BCUT2D eigenvalue weighted by atomic mass is 9.90. The number of nitrogens with zero attached hydrogens (tertiary/aromatic N) is 4. The lowest BCUT2D eigenvalue weighted by Crippen LogP contribution is -2.35. The van der Waals surface area contributed by atoms with E-state index in [0.29, 0.717) is 5.92 Å². The van der Waals surface area contributed by atoms with Crippen LogP contribution in [0.2, 0.25) is 0 Å². The van der Waals surface area contributed by atoms with Crippen LogP contribution in [0.5, 0.6) is 5.75 Å². The highest BCUT2D eigenvalue weighted by Gasteiger charge is 2.23. The van der Waals surface area contributed by atoms with E-state index in [1.165, 1.54) is 5.56 Å². The fraction of sp³-hybridized carbons (Fsp3) is 0.350. The lowest BCUT2D eigenvalue weighted by Gasteiger charge is -2.33. The minimum Gasteiger partial charge on any atom is -0.496 e. The number of methoxy groups -OCH3 is 1. The van der Waals surface area contributed by atoms with Crippen LogP contribution in [0.25, 0.3) is 11.0 Å². The maximum atomic E-state index is 5.49. The Morgan fingerprint density at radius 1 is 1.00 bits per heavy atom. The van der Waals surface area contributed by atoms with E-state index in [2.05, 4.69) is 32.0 Å². The van der Waals surface area contributed by atoms with Crippen LogP contribution < -0.4 is 9.64 Å². The number of rotatable bonds is 4. The molecule has 3 aromatic rings. The van der Waals surface area contributed by atoms with Crippen LogP contribution in [0.1, 0.15) is 18.4 Å². The number of ether oxygens (including phenoxy) is 1. The largest absolute Gasteiger partial charge is 0.496 e. The van der Waals surface area contributed by atoms with E-state index in [1.807, 2.05) is 24.4 Å². The van der Waals surface area contributed by atoms with Gasteiger partial charge < -0.3 is 9.64 Å². The predicted octanol–water partition coefficient (Wildman–Crippen LogP) is 3.49. The summed E-state index contributed by atoms with van der Waals surface area (Å²) < 4.78 is 5.49. The Morgan fingerprint density at radius 3 is 2.64 bits per heavy atom. The first kappa shape index (κ1) is 15.8. The molecule has 0 radical (unpaired) electrons. The molecule has 4 rings (SSSR count).